The lowest BCUT2D eigenvalue weighted by Gasteiger charge is -2.13. The standard InChI is InChI=1S/C17H21NO4.ClH/c1-21-16-7-6-12(8-17(16)22-2)10-18-11-15(20)13-4-3-5-14(19)9-13;/h3-9,15,18-20H,10-11H2,1-2H3;1H. The number of methoxy groups -OCH3 is 2. The van der Waals surface area contributed by atoms with Crippen LogP contribution in [-0.2, 0) is 6.54 Å². The molecule has 0 spiro atoms. The van der Waals surface area contributed by atoms with Gasteiger partial charge in [0.15, 0.2) is 11.5 Å². The molecule has 0 heterocycles. The van der Waals surface area contributed by atoms with Gasteiger partial charge in [-0.05, 0) is 35.4 Å². The minimum atomic E-state index is -0.674. The van der Waals surface area contributed by atoms with Crippen LogP contribution in [-0.4, -0.2) is 31.0 Å². The number of rotatable bonds is 7. The van der Waals surface area contributed by atoms with Crippen LogP contribution in [0.1, 0.15) is 17.2 Å². The zero-order valence-electron chi connectivity index (χ0n) is 13.2. The van der Waals surface area contributed by atoms with Crippen LogP contribution in [0.3, 0.4) is 0 Å². The van der Waals surface area contributed by atoms with Gasteiger partial charge >= 0.3 is 0 Å². The van der Waals surface area contributed by atoms with E-state index >= 15 is 0 Å². The molecular weight excluding hydrogens is 318 g/mol. The molecule has 0 bridgehead atoms. The average molecular weight is 340 g/mol. The number of hydrogen-bond donors (Lipinski definition) is 3. The number of phenols is 1. The van der Waals surface area contributed by atoms with Gasteiger partial charge < -0.3 is 25.0 Å². The topological polar surface area (TPSA) is 71.0 Å². The van der Waals surface area contributed by atoms with E-state index in [2.05, 4.69) is 5.32 Å². The van der Waals surface area contributed by atoms with E-state index < -0.39 is 6.10 Å². The van der Waals surface area contributed by atoms with Crippen LogP contribution in [0, 0.1) is 0 Å². The molecule has 0 saturated heterocycles. The van der Waals surface area contributed by atoms with Gasteiger partial charge in [0, 0.05) is 13.1 Å². The van der Waals surface area contributed by atoms with E-state index in [4.69, 9.17) is 9.47 Å². The Bertz CT molecular complexity index is 621. The fraction of sp³-hybridized carbons (Fsp3) is 0.294. The van der Waals surface area contributed by atoms with Gasteiger partial charge in [0.05, 0.1) is 20.3 Å². The minimum Gasteiger partial charge on any atom is -0.508 e. The van der Waals surface area contributed by atoms with E-state index in [9.17, 15) is 10.2 Å². The van der Waals surface area contributed by atoms with E-state index in [0.717, 1.165) is 5.56 Å². The molecule has 0 aliphatic carbocycles. The second-order valence-corrected chi connectivity index (χ2v) is 4.93. The SMILES string of the molecule is COc1ccc(CNCC(O)c2cccc(O)c2)cc1OC.Cl. The Morgan fingerprint density at radius 2 is 1.78 bits per heavy atom. The zero-order chi connectivity index (χ0) is 15.9. The highest BCUT2D eigenvalue weighted by Crippen LogP contribution is 2.27. The van der Waals surface area contributed by atoms with Gasteiger partial charge in [0.25, 0.3) is 0 Å². The Hall–Kier alpha value is -1.95. The maximum atomic E-state index is 10.1. The Morgan fingerprint density at radius 3 is 2.43 bits per heavy atom. The summed E-state index contributed by atoms with van der Waals surface area (Å²) in [5, 5.41) is 22.7. The molecule has 0 aliphatic rings. The lowest BCUT2D eigenvalue weighted by Crippen LogP contribution is -2.21. The molecule has 2 aromatic carbocycles. The first-order chi connectivity index (χ1) is 10.6. The van der Waals surface area contributed by atoms with Crippen molar-refractivity contribution >= 4 is 12.4 Å². The molecule has 0 radical (unpaired) electrons. The van der Waals surface area contributed by atoms with Crippen LogP contribution in [0.4, 0.5) is 0 Å². The number of halogens is 1. The van der Waals surface area contributed by atoms with E-state index in [1.165, 1.54) is 0 Å². The fourth-order valence-electron chi connectivity index (χ4n) is 2.19. The first-order valence-electron chi connectivity index (χ1n) is 7.02. The van der Waals surface area contributed by atoms with Crippen LogP contribution in [0.2, 0.25) is 0 Å². The first-order valence-corrected chi connectivity index (χ1v) is 7.02. The van der Waals surface area contributed by atoms with Gasteiger partial charge in [0.2, 0.25) is 0 Å². The molecule has 1 atom stereocenters. The molecule has 6 heteroatoms. The van der Waals surface area contributed by atoms with Gasteiger partial charge in [-0.25, -0.2) is 0 Å². The van der Waals surface area contributed by atoms with E-state index in [1.807, 2.05) is 18.2 Å². The van der Waals surface area contributed by atoms with Crippen molar-refractivity contribution in [1.29, 1.82) is 0 Å². The third-order valence-corrected chi connectivity index (χ3v) is 3.37. The Morgan fingerprint density at radius 1 is 1.04 bits per heavy atom. The summed E-state index contributed by atoms with van der Waals surface area (Å²) in [4.78, 5) is 0. The lowest BCUT2D eigenvalue weighted by atomic mass is 10.1. The molecule has 2 aromatic rings. The number of aliphatic hydroxyl groups excluding tert-OH is 1. The maximum absolute atomic E-state index is 10.1. The molecule has 3 N–H and O–H groups in total. The number of phenolic OH excluding ortho intramolecular Hbond substituents is 1. The van der Waals surface area contributed by atoms with Crippen LogP contribution in [0.15, 0.2) is 42.5 Å². The predicted molar refractivity (Wildman–Crippen MR) is 91.6 cm³/mol. The molecule has 0 amide bonds. The van der Waals surface area contributed by atoms with Crippen molar-refractivity contribution in [3.8, 4) is 17.2 Å². The van der Waals surface area contributed by atoms with Gasteiger partial charge in [-0.2, -0.15) is 0 Å². The number of ether oxygens (including phenoxy) is 2. The highest BCUT2D eigenvalue weighted by molar-refractivity contribution is 5.85. The summed E-state index contributed by atoms with van der Waals surface area (Å²) < 4.78 is 10.5. The molecule has 2 rings (SSSR count). The Labute approximate surface area is 142 Å². The summed E-state index contributed by atoms with van der Waals surface area (Å²) in [5.41, 5.74) is 1.71. The molecule has 1 unspecified atom stereocenters. The quantitative estimate of drug-likeness (QED) is 0.723. The summed E-state index contributed by atoms with van der Waals surface area (Å²) >= 11 is 0. The number of benzene rings is 2. The maximum Gasteiger partial charge on any atom is 0.161 e. The summed E-state index contributed by atoms with van der Waals surface area (Å²) in [6, 6.07) is 12.3. The minimum absolute atomic E-state index is 0. The largest absolute Gasteiger partial charge is 0.508 e. The third-order valence-electron chi connectivity index (χ3n) is 3.37. The van der Waals surface area contributed by atoms with Crippen LogP contribution in [0.5, 0.6) is 17.2 Å². The van der Waals surface area contributed by atoms with Crippen molar-refractivity contribution in [3.05, 3.63) is 53.6 Å². The second-order valence-electron chi connectivity index (χ2n) is 4.93. The van der Waals surface area contributed by atoms with Crippen molar-refractivity contribution < 1.29 is 19.7 Å². The molecule has 5 nitrogen and oxygen atoms in total. The Balaban J connectivity index is 0.00000264. The molecule has 0 aliphatic heterocycles. The van der Waals surface area contributed by atoms with Crippen molar-refractivity contribution in [2.45, 2.75) is 12.6 Å². The first kappa shape index (κ1) is 19.1. The van der Waals surface area contributed by atoms with Gasteiger partial charge in [0.1, 0.15) is 5.75 Å². The fourth-order valence-corrected chi connectivity index (χ4v) is 2.19. The van der Waals surface area contributed by atoms with Crippen molar-refractivity contribution in [2.24, 2.45) is 0 Å². The zero-order valence-corrected chi connectivity index (χ0v) is 14.0. The summed E-state index contributed by atoms with van der Waals surface area (Å²) in [6.07, 6.45) is -0.674. The van der Waals surface area contributed by atoms with Crippen LogP contribution >= 0.6 is 12.4 Å². The van der Waals surface area contributed by atoms with Gasteiger partial charge in [-0.1, -0.05) is 18.2 Å². The number of aromatic hydroxyl groups is 1. The van der Waals surface area contributed by atoms with Crippen molar-refractivity contribution in [2.75, 3.05) is 20.8 Å². The molecule has 0 saturated carbocycles. The van der Waals surface area contributed by atoms with Gasteiger partial charge in [-0.15, -0.1) is 12.4 Å². The van der Waals surface area contributed by atoms with E-state index in [0.29, 0.717) is 30.2 Å². The highest BCUT2D eigenvalue weighted by Gasteiger charge is 2.08. The number of hydrogen-bond acceptors (Lipinski definition) is 5. The highest BCUT2D eigenvalue weighted by atomic mass is 35.5. The monoisotopic (exact) mass is 339 g/mol. The summed E-state index contributed by atoms with van der Waals surface area (Å²) in [5.74, 6) is 1.51. The predicted octanol–water partition coefficient (Wildman–Crippen LogP) is 2.65. The van der Waals surface area contributed by atoms with Crippen molar-refractivity contribution in [3.63, 3.8) is 0 Å². The second kappa shape index (κ2) is 9.25. The Kier molecular flexibility index (Phi) is 7.68. The molecule has 126 valence electrons. The third kappa shape index (κ3) is 5.32. The summed E-state index contributed by atoms with van der Waals surface area (Å²) in [7, 11) is 3.20. The average Bonchev–Trinajstić information content (AvgIpc) is 2.54. The lowest BCUT2D eigenvalue weighted by molar-refractivity contribution is 0.174. The van der Waals surface area contributed by atoms with Crippen LogP contribution in [0.25, 0.3) is 0 Å². The number of aliphatic hydroxyl groups is 1. The van der Waals surface area contributed by atoms with E-state index in [-0.39, 0.29) is 18.2 Å². The van der Waals surface area contributed by atoms with Crippen LogP contribution < -0.4 is 14.8 Å². The molecule has 0 fully saturated rings. The summed E-state index contributed by atoms with van der Waals surface area (Å²) in [6.45, 7) is 0.980. The van der Waals surface area contributed by atoms with E-state index in [1.54, 1.807) is 38.5 Å². The molecule has 0 aromatic heterocycles. The van der Waals surface area contributed by atoms with Crippen molar-refractivity contribution in [1.82, 2.24) is 5.32 Å². The molecule has 23 heavy (non-hydrogen) atoms. The van der Waals surface area contributed by atoms with Gasteiger partial charge in [-0.3, -0.25) is 0 Å². The normalized spacial score (nSPS) is 11.4. The smallest absolute Gasteiger partial charge is 0.161 e. The number of nitrogens with one attached hydrogen (secondary N) is 1. The molecular formula is C17H22ClNO4.